The summed E-state index contributed by atoms with van der Waals surface area (Å²) in [6.45, 7) is 2.53. The minimum absolute atomic E-state index is 0.552. The summed E-state index contributed by atoms with van der Waals surface area (Å²) in [5.74, 6) is 2.12. The summed E-state index contributed by atoms with van der Waals surface area (Å²) in [7, 11) is 1.66. The number of para-hydroxylation sites is 1. The van der Waals surface area contributed by atoms with Crippen LogP contribution in [0.1, 0.15) is 11.3 Å². The van der Waals surface area contributed by atoms with E-state index in [-0.39, 0.29) is 0 Å². The maximum Gasteiger partial charge on any atom is 0.224 e. The molecule has 3 aromatic rings. The second kappa shape index (κ2) is 6.26. The molecule has 1 N–H and O–H groups in total. The molecule has 0 spiro atoms. The number of benzene rings is 1. The first-order chi connectivity index (χ1) is 10.8. The summed E-state index contributed by atoms with van der Waals surface area (Å²) in [4.78, 5) is 8.70. The fourth-order valence-corrected chi connectivity index (χ4v) is 2.13. The highest BCUT2D eigenvalue weighted by molar-refractivity contribution is 5.38. The van der Waals surface area contributed by atoms with Gasteiger partial charge in [-0.15, -0.1) is 0 Å². The lowest BCUT2D eigenvalue weighted by Crippen LogP contribution is -2.07. The molecule has 0 bridgehead atoms. The Balaban J connectivity index is 1.76. The van der Waals surface area contributed by atoms with E-state index in [1.165, 1.54) is 0 Å². The van der Waals surface area contributed by atoms with Gasteiger partial charge in [-0.1, -0.05) is 18.2 Å². The van der Waals surface area contributed by atoms with Crippen molar-refractivity contribution in [3.05, 3.63) is 60.0 Å². The second-order valence-electron chi connectivity index (χ2n) is 4.81. The molecule has 6 nitrogen and oxygen atoms in total. The first-order valence-electron chi connectivity index (χ1n) is 6.98. The standard InChI is InChI=1S/C16H17N5O/c1-12-8-10-21(20-12)15-7-9-17-16(19-15)18-11-13-5-3-4-6-14(13)22-2/h3-10H,11H2,1-2H3,(H,17,18,19). The van der Waals surface area contributed by atoms with E-state index in [0.29, 0.717) is 12.5 Å². The third-order valence-electron chi connectivity index (χ3n) is 3.23. The maximum atomic E-state index is 5.33. The van der Waals surface area contributed by atoms with Crippen LogP contribution in [0.25, 0.3) is 5.82 Å². The van der Waals surface area contributed by atoms with Gasteiger partial charge in [0.2, 0.25) is 5.95 Å². The lowest BCUT2D eigenvalue weighted by molar-refractivity contribution is 0.410. The van der Waals surface area contributed by atoms with Gasteiger partial charge in [0.1, 0.15) is 5.75 Å². The van der Waals surface area contributed by atoms with Crippen LogP contribution in [0.4, 0.5) is 5.95 Å². The Morgan fingerprint density at radius 2 is 2.05 bits per heavy atom. The molecule has 22 heavy (non-hydrogen) atoms. The van der Waals surface area contributed by atoms with Crippen molar-refractivity contribution >= 4 is 5.95 Å². The van der Waals surface area contributed by atoms with Gasteiger partial charge in [-0.2, -0.15) is 10.1 Å². The van der Waals surface area contributed by atoms with Gasteiger partial charge in [-0.3, -0.25) is 0 Å². The van der Waals surface area contributed by atoms with Gasteiger partial charge in [0.25, 0.3) is 0 Å². The molecule has 0 saturated carbocycles. The monoisotopic (exact) mass is 295 g/mol. The molecular weight excluding hydrogens is 278 g/mol. The lowest BCUT2D eigenvalue weighted by atomic mass is 10.2. The molecule has 0 fully saturated rings. The second-order valence-corrected chi connectivity index (χ2v) is 4.81. The van der Waals surface area contributed by atoms with E-state index in [1.807, 2.05) is 49.5 Å². The van der Waals surface area contributed by atoms with E-state index in [0.717, 1.165) is 22.8 Å². The summed E-state index contributed by atoms with van der Waals surface area (Å²) >= 11 is 0. The maximum absolute atomic E-state index is 5.33. The van der Waals surface area contributed by atoms with E-state index in [4.69, 9.17) is 4.74 Å². The smallest absolute Gasteiger partial charge is 0.224 e. The Morgan fingerprint density at radius 1 is 1.18 bits per heavy atom. The number of hydrogen-bond acceptors (Lipinski definition) is 5. The first-order valence-corrected chi connectivity index (χ1v) is 6.98. The molecule has 2 heterocycles. The molecule has 6 heteroatoms. The van der Waals surface area contributed by atoms with Crippen LogP contribution in [0.2, 0.25) is 0 Å². The van der Waals surface area contributed by atoms with Crippen molar-refractivity contribution in [1.82, 2.24) is 19.7 Å². The largest absolute Gasteiger partial charge is 0.496 e. The Bertz CT molecular complexity index is 768. The van der Waals surface area contributed by atoms with Crippen molar-refractivity contribution < 1.29 is 4.74 Å². The third-order valence-corrected chi connectivity index (χ3v) is 3.23. The molecule has 0 unspecified atom stereocenters. The molecular formula is C16H17N5O. The first kappa shape index (κ1) is 14.1. The number of nitrogens with zero attached hydrogens (tertiary/aromatic N) is 4. The molecule has 112 valence electrons. The number of nitrogens with one attached hydrogen (secondary N) is 1. The van der Waals surface area contributed by atoms with Crippen LogP contribution in [0, 0.1) is 6.92 Å². The van der Waals surface area contributed by atoms with Gasteiger partial charge in [0, 0.05) is 30.6 Å². The van der Waals surface area contributed by atoms with Crippen molar-refractivity contribution in [2.75, 3.05) is 12.4 Å². The van der Waals surface area contributed by atoms with Crippen molar-refractivity contribution in [2.24, 2.45) is 0 Å². The average molecular weight is 295 g/mol. The zero-order valence-electron chi connectivity index (χ0n) is 12.5. The highest BCUT2D eigenvalue weighted by atomic mass is 16.5. The summed E-state index contributed by atoms with van der Waals surface area (Å²) in [5.41, 5.74) is 2.00. The predicted octanol–water partition coefficient (Wildman–Crippen LogP) is 2.59. The van der Waals surface area contributed by atoms with E-state index >= 15 is 0 Å². The Kier molecular flexibility index (Phi) is 4.00. The molecule has 1 aromatic carbocycles. The molecule has 0 amide bonds. The molecule has 3 rings (SSSR count). The van der Waals surface area contributed by atoms with Gasteiger partial charge in [-0.05, 0) is 19.1 Å². The Hall–Kier alpha value is -2.89. The van der Waals surface area contributed by atoms with E-state index in [9.17, 15) is 0 Å². The average Bonchev–Trinajstić information content (AvgIpc) is 3.00. The van der Waals surface area contributed by atoms with Crippen molar-refractivity contribution in [3.63, 3.8) is 0 Å². The molecule has 0 aliphatic rings. The van der Waals surface area contributed by atoms with Crippen molar-refractivity contribution in [3.8, 4) is 11.6 Å². The molecule has 0 aliphatic carbocycles. The summed E-state index contributed by atoms with van der Waals surface area (Å²) < 4.78 is 7.06. The van der Waals surface area contributed by atoms with Gasteiger partial charge >= 0.3 is 0 Å². The van der Waals surface area contributed by atoms with Gasteiger partial charge < -0.3 is 10.1 Å². The highest BCUT2D eigenvalue weighted by Gasteiger charge is 2.05. The number of hydrogen-bond donors (Lipinski definition) is 1. The van der Waals surface area contributed by atoms with Crippen molar-refractivity contribution in [1.29, 1.82) is 0 Å². The third kappa shape index (κ3) is 3.06. The topological polar surface area (TPSA) is 64.9 Å². The molecule has 2 aromatic heterocycles. The minimum Gasteiger partial charge on any atom is -0.496 e. The minimum atomic E-state index is 0.552. The molecule has 0 aliphatic heterocycles. The number of ether oxygens (including phenoxy) is 1. The van der Waals surface area contributed by atoms with Crippen molar-refractivity contribution in [2.45, 2.75) is 13.5 Å². The van der Waals surface area contributed by atoms with Crippen LogP contribution < -0.4 is 10.1 Å². The summed E-state index contributed by atoms with van der Waals surface area (Å²) in [6.07, 6.45) is 3.59. The lowest BCUT2D eigenvalue weighted by Gasteiger charge is -2.10. The Labute approximate surface area is 128 Å². The highest BCUT2D eigenvalue weighted by Crippen LogP contribution is 2.18. The molecule has 0 radical (unpaired) electrons. The molecule has 0 saturated heterocycles. The fraction of sp³-hybridized carbons (Fsp3) is 0.188. The van der Waals surface area contributed by atoms with Crippen LogP contribution in [0.5, 0.6) is 5.75 Å². The number of methoxy groups -OCH3 is 1. The van der Waals surface area contributed by atoms with Crippen LogP contribution in [-0.4, -0.2) is 26.9 Å². The van der Waals surface area contributed by atoms with E-state index in [1.54, 1.807) is 18.0 Å². The zero-order valence-corrected chi connectivity index (χ0v) is 12.5. The quantitative estimate of drug-likeness (QED) is 0.783. The molecule has 0 atom stereocenters. The summed E-state index contributed by atoms with van der Waals surface area (Å²) in [5, 5.41) is 7.56. The number of aryl methyl sites for hydroxylation is 1. The van der Waals surface area contributed by atoms with Gasteiger partial charge in [-0.25, -0.2) is 9.67 Å². The van der Waals surface area contributed by atoms with Crippen LogP contribution >= 0.6 is 0 Å². The fourth-order valence-electron chi connectivity index (χ4n) is 2.13. The number of rotatable bonds is 5. The van der Waals surface area contributed by atoms with Crippen LogP contribution in [0.3, 0.4) is 0 Å². The Morgan fingerprint density at radius 3 is 2.82 bits per heavy atom. The normalized spacial score (nSPS) is 10.5. The number of aromatic nitrogens is 4. The van der Waals surface area contributed by atoms with Crippen LogP contribution in [-0.2, 0) is 6.54 Å². The summed E-state index contributed by atoms with van der Waals surface area (Å²) in [6, 6.07) is 11.6. The zero-order chi connectivity index (χ0) is 15.4. The predicted molar refractivity (Wildman–Crippen MR) is 84.2 cm³/mol. The number of anilines is 1. The van der Waals surface area contributed by atoms with E-state index < -0.39 is 0 Å². The van der Waals surface area contributed by atoms with Gasteiger partial charge in [0.05, 0.1) is 12.8 Å². The van der Waals surface area contributed by atoms with E-state index in [2.05, 4.69) is 20.4 Å². The van der Waals surface area contributed by atoms with Crippen LogP contribution in [0.15, 0.2) is 48.8 Å². The van der Waals surface area contributed by atoms with Gasteiger partial charge in [0.15, 0.2) is 5.82 Å². The SMILES string of the molecule is COc1ccccc1CNc1nccc(-n2ccc(C)n2)n1.